The van der Waals surface area contributed by atoms with Crippen LogP contribution in [0, 0.1) is 0 Å². The topological polar surface area (TPSA) is 56.7 Å². The summed E-state index contributed by atoms with van der Waals surface area (Å²) in [5.41, 5.74) is 2.36. The molecule has 1 saturated heterocycles. The lowest BCUT2D eigenvalue weighted by molar-refractivity contribution is -0.128. The van der Waals surface area contributed by atoms with E-state index >= 15 is 0 Å². The predicted octanol–water partition coefficient (Wildman–Crippen LogP) is 2.58. The van der Waals surface area contributed by atoms with Crippen molar-refractivity contribution in [2.45, 2.75) is 51.7 Å². The van der Waals surface area contributed by atoms with E-state index in [9.17, 15) is 4.79 Å². The number of carbonyl (C=O) groups excluding carboxylic acids is 1. The third-order valence-electron chi connectivity index (χ3n) is 4.68. The predicted molar refractivity (Wildman–Crippen MR) is 101 cm³/mol. The first-order chi connectivity index (χ1) is 12.2. The first-order valence-corrected chi connectivity index (χ1v) is 9.30. The van der Waals surface area contributed by atoms with Gasteiger partial charge in [-0.3, -0.25) is 4.79 Å². The highest BCUT2D eigenvalue weighted by Gasteiger charge is 2.19. The molecule has 0 unspecified atom stereocenters. The van der Waals surface area contributed by atoms with E-state index in [0.29, 0.717) is 19.0 Å². The Labute approximate surface area is 150 Å². The number of hydrogen-bond acceptors (Lipinski definition) is 2. The Morgan fingerprint density at radius 2 is 1.92 bits per heavy atom. The molecule has 1 aromatic rings. The molecule has 1 amide bonds. The van der Waals surface area contributed by atoms with Crippen molar-refractivity contribution < 1.29 is 4.79 Å². The van der Waals surface area contributed by atoms with E-state index in [4.69, 9.17) is 4.99 Å². The fourth-order valence-electron chi connectivity index (χ4n) is 3.26. The highest BCUT2D eigenvalue weighted by molar-refractivity contribution is 5.80. The molecule has 1 aromatic carbocycles. The van der Waals surface area contributed by atoms with Crippen LogP contribution in [0.25, 0.3) is 0 Å². The molecule has 0 radical (unpaired) electrons. The average Bonchev–Trinajstić information content (AvgIpc) is 3.27. The van der Waals surface area contributed by atoms with Crippen LogP contribution in [0.5, 0.6) is 0 Å². The van der Waals surface area contributed by atoms with Crippen molar-refractivity contribution in [1.82, 2.24) is 15.5 Å². The quantitative estimate of drug-likeness (QED) is 0.475. The van der Waals surface area contributed by atoms with Gasteiger partial charge < -0.3 is 15.5 Å². The zero-order valence-corrected chi connectivity index (χ0v) is 15.0. The second-order valence-electron chi connectivity index (χ2n) is 6.71. The van der Waals surface area contributed by atoms with E-state index in [1.54, 1.807) is 0 Å². The molecule has 5 nitrogen and oxygen atoms in total. The lowest BCUT2D eigenvalue weighted by atomic mass is 10.1. The minimum atomic E-state index is 0.274. The molecule has 3 rings (SSSR count). The van der Waals surface area contributed by atoms with E-state index in [2.05, 4.69) is 54.0 Å². The number of nitrogens with one attached hydrogen (secondary N) is 2. The standard InChI is InChI=1S/C20H28N4O/c1-2-21-20(23-18-6-3-4-7-18)22-14-16-9-11-17(12-10-16)15-24-13-5-8-19(24)25/h3-4,9-12,18H,2,5-8,13-15H2,1H3,(H2,21,22,23). The molecule has 1 aliphatic carbocycles. The monoisotopic (exact) mass is 340 g/mol. The number of hydrogen-bond donors (Lipinski definition) is 2. The number of nitrogens with zero attached hydrogens (tertiary/aromatic N) is 2. The molecule has 5 heteroatoms. The number of rotatable bonds is 6. The van der Waals surface area contributed by atoms with Crippen LogP contribution < -0.4 is 10.6 Å². The van der Waals surface area contributed by atoms with Crippen LogP contribution in [0.4, 0.5) is 0 Å². The number of likely N-dealkylation sites (tertiary alicyclic amines) is 1. The molecule has 0 spiro atoms. The van der Waals surface area contributed by atoms with Gasteiger partial charge in [-0.25, -0.2) is 4.99 Å². The summed E-state index contributed by atoms with van der Waals surface area (Å²) in [5, 5.41) is 6.80. The number of amides is 1. The maximum Gasteiger partial charge on any atom is 0.222 e. The summed E-state index contributed by atoms with van der Waals surface area (Å²) >= 11 is 0. The Kier molecular flexibility index (Phi) is 6.09. The van der Waals surface area contributed by atoms with Gasteiger partial charge in [0.1, 0.15) is 0 Å². The van der Waals surface area contributed by atoms with E-state index < -0.39 is 0 Å². The third-order valence-corrected chi connectivity index (χ3v) is 4.68. The first-order valence-electron chi connectivity index (χ1n) is 9.30. The molecular formula is C20H28N4O. The van der Waals surface area contributed by atoms with Gasteiger partial charge in [0.25, 0.3) is 0 Å². The van der Waals surface area contributed by atoms with Crippen LogP contribution in [0.1, 0.15) is 43.7 Å². The third kappa shape index (κ3) is 5.08. The van der Waals surface area contributed by atoms with Crippen molar-refractivity contribution >= 4 is 11.9 Å². The molecule has 2 N–H and O–H groups in total. The summed E-state index contributed by atoms with van der Waals surface area (Å²) < 4.78 is 0. The van der Waals surface area contributed by atoms with Gasteiger partial charge in [-0.15, -0.1) is 0 Å². The molecule has 0 atom stereocenters. The van der Waals surface area contributed by atoms with Crippen LogP contribution in [0.2, 0.25) is 0 Å². The number of benzene rings is 1. The van der Waals surface area contributed by atoms with Gasteiger partial charge in [0, 0.05) is 32.1 Å². The van der Waals surface area contributed by atoms with Gasteiger partial charge in [0.05, 0.1) is 6.54 Å². The van der Waals surface area contributed by atoms with Crippen LogP contribution in [-0.2, 0) is 17.9 Å². The molecule has 2 aliphatic rings. The van der Waals surface area contributed by atoms with Crippen LogP contribution in [0.15, 0.2) is 41.4 Å². The fourth-order valence-corrected chi connectivity index (χ4v) is 3.26. The molecule has 1 fully saturated rings. The minimum absolute atomic E-state index is 0.274. The van der Waals surface area contributed by atoms with E-state index in [1.807, 2.05) is 4.90 Å². The van der Waals surface area contributed by atoms with Crippen molar-refractivity contribution in [3.63, 3.8) is 0 Å². The number of guanidine groups is 1. The van der Waals surface area contributed by atoms with Gasteiger partial charge in [0.15, 0.2) is 5.96 Å². The maximum absolute atomic E-state index is 11.7. The summed E-state index contributed by atoms with van der Waals surface area (Å²) in [6.07, 6.45) is 8.24. The summed E-state index contributed by atoms with van der Waals surface area (Å²) in [4.78, 5) is 18.4. The highest BCUT2D eigenvalue weighted by atomic mass is 16.2. The zero-order valence-electron chi connectivity index (χ0n) is 15.0. The molecule has 25 heavy (non-hydrogen) atoms. The lowest BCUT2D eigenvalue weighted by Crippen LogP contribution is -2.42. The smallest absolute Gasteiger partial charge is 0.222 e. The minimum Gasteiger partial charge on any atom is -0.357 e. The Bertz CT molecular complexity index is 628. The summed E-state index contributed by atoms with van der Waals surface area (Å²) in [7, 11) is 0. The van der Waals surface area contributed by atoms with Crippen molar-refractivity contribution in [3.05, 3.63) is 47.5 Å². The average molecular weight is 340 g/mol. The molecule has 1 aliphatic heterocycles. The molecule has 0 aromatic heterocycles. The number of carbonyl (C=O) groups is 1. The fraction of sp³-hybridized carbons (Fsp3) is 0.500. The highest BCUT2D eigenvalue weighted by Crippen LogP contribution is 2.15. The molecular weight excluding hydrogens is 312 g/mol. The van der Waals surface area contributed by atoms with Crippen LogP contribution >= 0.6 is 0 Å². The van der Waals surface area contributed by atoms with E-state index in [0.717, 1.165) is 44.9 Å². The van der Waals surface area contributed by atoms with Gasteiger partial charge >= 0.3 is 0 Å². The van der Waals surface area contributed by atoms with Crippen molar-refractivity contribution in [3.8, 4) is 0 Å². The normalized spacial score (nSPS) is 18.2. The van der Waals surface area contributed by atoms with E-state index in [1.165, 1.54) is 11.1 Å². The van der Waals surface area contributed by atoms with Gasteiger partial charge in [-0.2, -0.15) is 0 Å². The summed E-state index contributed by atoms with van der Waals surface area (Å²) in [6.45, 7) is 5.20. The first kappa shape index (κ1) is 17.5. The maximum atomic E-state index is 11.7. The largest absolute Gasteiger partial charge is 0.357 e. The molecule has 1 heterocycles. The van der Waals surface area contributed by atoms with Gasteiger partial charge in [-0.05, 0) is 37.3 Å². The molecule has 0 bridgehead atoms. The van der Waals surface area contributed by atoms with Crippen molar-refractivity contribution in [2.75, 3.05) is 13.1 Å². The Balaban J connectivity index is 1.54. The second-order valence-corrected chi connectivity index (χ2v) is 6.71. The van der Waals surface area contributed by atoms with Crippen LogP contribution in [0.3, 0.4) is 0 Å². The van der Waals surface area contributed by atoms with Crippen LogP contribution in [-0.4, -0.2) is 35.9 Å². The second kappa shape index (κ2) is 8.70. The molecule has 0 saturated carbocycles. The summed E-state index contributed by atoms with van der Waals surface area (Å²) in [6, 6.07) is 8.90. The van der Waals surface area contributed by atoms with Crippen molar-refractivity contribution in [1.29, 1.82) is 0 Å². The lowest BCUT2D eigenvalue weighted by Gasteiger charge is -2.17. The van der Waals surface area contributed by atoms with Gasteiger partial charge in [-0.1, -0.05) is 36.4 Å². The number of aliphatic imine (C=N–C) groups is 1. The zero-order chi connectivity index (χ0) is 17.5. The Morgan fingerprint density at radius 3 is 2.56 bits per heavy atom. The van der Waals surface area contributed by atoms with Gasteiger partial charge in [0.2, 0.25) is 5.91 Å². The summed E-state index contributed by atoms with van der Waals surface area (Å²) in [5.74, 6) is 1.15. The van der Waals surface area contributed by atoms with Crippen molar-refractivity contribution in [2.24, 2.45) is 4.99 Å². The Hall–Kier alpha value is -2.30. The Morgan fingerprint density at radius 1 is 1.20 bits per heavy atom. The molecule has 134 valence electrons. The SMILES string of the molecule is CCNC(=NCc1ccc(CN2CCCC2=O)cc1)NC1CC=CC1. The van der Waals surface area contributed by atoms with E-state index in [-0.39, 0.29) is 5.91 Å².